The summed E-state index contributed by atoms with van der Waals surface area (Å²) >= 11 is 0. The molecule has 3 N–H and O–H groups in total. The molecule has 0 aliphatic carbocycles. The van der Waals surface area contributed by atoms with E-state index in [1.807, 2.05) is 0 Å². The third-order valence-electron chi connectivity index (χ3n) is 2.88. The molecule has 0 amide bonds. The number of hydrogen-bond donors (Lipinski definition) is 1. The lowest BCUT2D eigenvalue weighted by molar-refractivity contribution is 0.0895. The molecule has 17 heavy (non-hydrogen) atoms. The lowest BCUT2D eigenvalue weighted by Crippen LogP contribution is -2.00. The first-order valence-corrected chi connectivity index (χ1v) is 7.10. The van der Waals surface area contributed by atoms with Crippen molar-refractivity contribution in [3.05, 3.63) is 0 Å². The van der Waals surface area contributed by atoms with Gasteiger partial charge in [-0.1, -0.05) is 64.7 Å². The van der Waals surface area contributed by atoms with E-state index in [9.17, 15) is 0 Å². The molecule has 0 aliphatic rings. The second-order valence-corrected chi connectivity index (χ2v) is 4.52. The Balaban J connectivity index is 0. The van der Waals surface area contributed by atoms with Gasteiger partial charge < -0.3 is 15.3 Å². The predicted molar refractivity (Wildman–Crippen MR) is 73.4 cm³/mol. The van der Waals surface area contributed by atoms with E-state index in [2.05, 4.69) is 6.92 Å². The Bertz CT molecular complexity index is 104. The van der Waals surface area contributed by atoms with E-state index in [-0.39, 0.29) is 12.1 Å². The van der Waals surface area contributed by atoms with Gasteiger partial charge in [0.25, 0.3) is 0 Å². The molecule has 0 bridgehead atoms. The Labute approximate surface area is 107 Å². The van der Waals surface area contributed by atoms with Gasteiger partial charge in [0, 0.05) is 6.61 Å². The van der Waals surface area contributed by atoms with Gasteiger partial charge in [-0.15, -0.1) is 0 Å². The first-order chi connectivity index (χ1) is 7.91. The SMILES string of the molecule is CCCCCCCCCCCCOCCO.O. The number of unbranched alkanes of at least 4 members (excludes halogenated alkanes) is 9. The van der Waals surface area contributed by atoms with E-state index in [4.69, 9.17) is 9.84 Å². The molecule has 0 saturated carbocycles. The molecule has 3 nitrogen and oxygen atoms in total. The van der Waals surface area contributed by atoms with Gasteiger partial charge in [0.2, 0.25) is 0 Å². The van der Waals surface area contributed by atoms with Crippen molar-refractivity contribution in [2.45, 2.75) is 71.1 Å². The van der Waals surface area contributed by atoms with Crippen molar-refractivity contribution >= 4 is 0 Å². The van der Waals surface area contributed by atoms with Crippen molar-refractivity contribution in [3.8, 4) is 0 Å². The molecule has 0 rings (SSSR count). The summed E-state index contributed by atoms with van der Waals surface area (Å²) in [5.41, 5.74) is 0. The van der Waals surface area contributed by atoms with Gasteiger partial charge >= 0.3 is 0 Å². The maximum atomic E-state index is 8.50. The molecule has 0 saturated heterocycles. The average molecular weight is 248 g/mol. The van der Waals surface area contributed by atoms with Crippen molar-refractivity contribution in [1.82, 2.24) is 0 Å². The molecule has 0 atom stereocenters. The monoisotopic (exact) mass is 248 g/mol. The van der Waals surface area contributed by atoms with Gasteiger partial charge in [-0.3, -0.25) is 0 Å². The highest BCUT2D eigenvalue weighted by atomic mass is 16.5. The number of hydrogen-bond acceptors (Lipinski definition) is 2. The fraction of sp³-hybridized carbons (Fsp3) is 1.00. The van der Waals surface area contributed by atoms with E-state index >= 15 is 0 Å². The van der Waals surface area contributed by atoms with Crippen LogP contribution in [0.3, 0.4) is 0 Å². The summed E-state index contributed by atoms with van der Waals surface area (Å²) in [6.45, 7) is 3.73. The molecule has 3 heteroatoms. The normalized spacial score (nSPS) is 10.2. The molecule has 0 aromatic carbocycles. The fourth-order valence-electron chi connectivity index (χ4n) is 1.86. The van der Waals surface area contributed by atoms with Gasteiger partial charge in [-0.25, -0.2) is 0 Å². The number of aliphatic hydroxyl groups excluding tert-OH is 1. The third-order valence-corrected chi connectivity index (χ3v) is 2.88. The summed E-state index contributed by atoms with van der Waals surface area (Å²) in [7, 11) is 0. The molecule has 0 heterocycles. The number of ether oxygens (including phenoxy) is 1. The van der Waals surface area contributed by atoms with Crippen LogP contribution in [0.15, 0.2) is 0 Å². The molecule has 0 aromatic rings. The highest BCUT2D eigenvalue weighted by molar-refractivity contribution is 4.47. The standard InChI is InChI=1S/C14H30O2.H2O/c1-2-3-4-5-6-7-8-9-10-11-13-16-14-12-15;/h15H,2-14H2,1H3;1H2. The zero-order valence-corrected chi connectivity index (χ0v) is 11.5. The molecule has 106 valence electrons. The minimum atomic E-state index is 0. The number of rotatable bonds is 13. The van der Waals surface area contributed by atoms with Crippen molar-refractivity contribution in [1.29, 1.82) is 0 Å². The summed E-state index contributed by atoms with van der Waals surface area (Å²) in [6.07, 6.45) is 13.6. The van der Waals surface area contributed by atoms with Crippen LogP contribution in [0, 0.1) is 0 Å². The molecule has 0 radical (unpaired) electrons. The van der Waals surface area contributed by atoms with Crippen LogP contribution in [0.1, 0.15) is 71.1 Å². The van der Waals surface area contributed by atoms with Crippen molar-refractivity contribution in [3.63, 3.8) is 0 Å². The van der Waals surface area contributed by atoms with Crippen LogP contribution in [-0.2, 0) is 4.74 Å². The quantitative estimate of drug-likeness (QED) is 0.509. The summed E-state index contributed by atoms with van der Waals surface area (Å²) in [5, 5.41) is 8.50. The molecule has 0 aromatic heterocycles. The van der Waals surface area contributed by atoms with Crippen molar-refractivity contribution in [2.24, 2.45) is 0 Å². The summed E-state index contributed by atoms with van der Waals surface area (Å²) in [6, 6.07) is 0. The second-order valence-electron chi connectivity index (χ2n) is 4.52. The topological polar surface area (TPSA) is 61.0 Å². The van der Waals surface area contributed by atoms with Gasteiger partial charge in [0.15, 0.2) is 0 Å². The van der Waals surface area contributed by atoms with Crippen LogP contribution in [0.4, 0.5) is 0 Å². The predicted octanol–water partition coefficient (Wildman–Crippen LogP) is 3.09. The van der Waals surface area contributed by atoms with E-state index in [0.29, 0.717) is 6.61 Å². The van der Waals surface area contributed by atoms with Gasteiger partial charge in [-0.2, -0.15) is 0 Å². The van der Waals surface area contributed by atoms with Gasteiger partial charge in [-0.05, 0) is 6.42 Å². The molecule has 0 aliphatic heterocycles. The van der Waals surface area contributed by atoms with Crippen LogP contribution >= 0.6 is 0 Å². The van der Waals surface area contributed by atoms with Crippen LogP contribution in [-0.4, -0.2) is 30.4 Å². The van der Waals surface area contributed by atoms with E-state index in [0.717, 1.165) is 13.0 Å². The minimum Gasteiger partial charge on any atom is -0.412 e. The highest BCUT2D eigenvalue weighted by Gasteiger charge is 1.92. The Morgan fingerprint density at radius 1 is 0.706 bits per heavy atom. The van der Waals surface area contributed by atoms with Crippen LogP contribution in [0.5, 0.6) is 0 Å². The van der Waals surface area contributed by atoms with E-state index in [1.54, 1.807) is 0 Å². The highest BCUT2D eigenvalue weighted by Crippen LogP contribution is 2.10. The minimum absolute atomic E-state index is 0. The molecule has 0 unspecified atom stereocenters. The maximum absolute atomic E-state index is 8.50. The van der Waals surface area contributed by atoms with Crippen LogP contribution in [0.2, 0.25) is 0 Å². The van der Waals surface area contributed by atoms with E-state index in [1.165, 1.54) is 57.8 Å². The largest absolute Gasteiger partial charge is 0.412 e. The maximum Gasteiger partial charge on any atom is 0.0697 e. The van der Waals surface area contributed by atoms with E-state index < -0.39 is 0 Å². The smallest absolute Gasteiger partial charge is 0.0697 e. The zero-order valence-electron chi connectivity index (χ0n) is 11.5. The Kier molecular flexibility index (Phi) is 20.6. The van der Waals surface area contributed by atoms with Crippen molar-refractivity contribution < 1.29 is 15.3 Å². The first-order valence-electron chi connectivity index (χ1n) is 7.10. The molecule has 0 spiro atoms. The first kappa shape index (κ1) is 19.2. The van der Waals surface area contributed by atoms with Crippen LogP contribution in [0.25, 0.3) is 0 Å². The van der Waals surface area contributed by atoms with Crippen molar-refractivity contribution in [2.75, 3.05) is 19.8 Å². The van der Waals surface area contributed by atoms with Crippen LogP contribution < -0.4 is 0 Å². The molecular weight excluding hydrogens is 216 g/mol. The fourth-order valence-corrected chi connectivity index (χ4v) is 1.86. The summed E-state index contributed by atoms with van der Waals surface area (Å²) in [4.78, 5) is 0. The average Bonchev–Trinajstić information content (AvgIpc) is 2.31. The summed E-state index contributed by atoms with van der Waals surface area (Å²) in [5.74, 6) is 0. The Morgan fingerprint density at radius 3 is 1.65 bits per heavy atom. The molecular formula is C14H32O3. The zero-order chi connectivity index (χ0) is 11.9. The third kappa shape index (κ3) is 18.4. The van der Waals surface area contributed by atoms with Gasteiger partial charge in [0.05, 0.1) is 13.2 Å². The number of aliphatic hydroxyl groups is 1. The summed E-state index contributed by atoms with van der Waals surface area (Å²) < 4.78 is 5.20. The lowest BCUT2D eigenvalue weighted by Gasteiger charge is -2.03. The molecule has 0 fully saturated rings. The Hall–Kier alpha value is -0.120. The second kappa shape index (κ2) is 18.3. The Morgan fingerprint density at radius 2 is 1.18 bits per heavy atom. The lowest BCUT2D eigenvalue weighted by atomic mass is 10.1. The van der Waals surface area contributed by atoms with Gasteiger partial charge in [0.1, 0.15) is 0 Å².